The second-order valence-corrected chi connectivity index (χ2v) is 7.51. The molecular weight excluding hydrogens is 441 g/mol. The molecule has 170 valence electrons. The number of ether oxygens (including phenoxy) is 2. The van der Waals surface area contributed by atoms with E-state index >= 15 is 0 Å². The Kier molecular flexibility index (Phi) is 4.91. The summed E-state index contributed by atoms with van der Waals surface area (Å²) in [7, 11) is 0. The molecule has 0 bridgehead atoms. The lowest BCUT2D eigenvalue weighted by Gasteiger charge is -2.09. The fourth-order valence-electron chi connectivity index (χ4n) is 3.58. The maximum absolute atomic E-state index is 12.5. The van der Waals surface area contributed by atoms with Gasteiger partial charge in [-0.2, -0.15) is 10.2 Å². The van der Waals surface area contributed by atoms with Crippen molar-refractivity contribution in [3.63, 3.8) is 0 Å². The smallest absolute Gasteiger partial charge is 0.443 e. The highest BCUT2D eigenvalue weighted by Crippen LogP contribution is 2.37. The van der Waals surface area contributed by atoms with Gasteiger partial charge in [0.15, 0.2) is 5.65 Å². The van der Waals surface area contributed by atoms with Crippen molar-refractivity contribution in [3.05, 3.63) is 54.6 Å². The van der Waals surface area contributed by atoms with E-state index in [1.54, 1.807) is 18.5 Å². The molecule has 1 saturated carbocycles. The van der Waals surface area contributed by atoms with Crippen LogP contribution in [0.1, 0.15) is 24.6 Å². The average Bonchev–Trinajstić information content (AvgIpc) is 3.37. The summed E-state index contributed by atoms with van der Waals surface area (Å²) < 4.78 is 49.7. The number of fused-ring (bicyclic) bond motifs is 1. The first kappa shape index (κ1) is 20.8. The molecule has 5 rings (SSSR count). The molecular formula is C21H17F3N6O3. The molecule has 1 aliphatic rings. The standard InChI is InChI=1S/C21H17F3N6O3/c22-21(23,24)33-15-5-3-14(4-6-15)30-19-18(17(28-30)11-32-20(25)31)16(7-8-26-19)12-9-27-29(10-12)13-1-2-13/h3-10,13H,1-2,11H2,(H2,25,31). The number of hydrogen-bond donors (Lipinski definition) is 1. The van der Waals surface area contributed by atoms with Crippen molar-refractivity contribution in [1.29, 1.82) is 0 Å². The van der Waals surface area contributed by atoms with Gasteiger partial charge < -0.3 is 15.2 Å². The summed E-state index contributed by atoms with van der Waals surface area (Å²) in [4.78, 5) is 15.6. The van der Waals surface area contributed by atoms with Crippen LogP contribution in [0.15, 0.2) is 48.9 Å². The lowest BCUT2D eigenvalue weighted by atomic mass is 10.1. The minimum atomic E-state index is -4.79. The van der Waals surface area contributed by atoms with Gasteiger partial charge in [-0.3, -0.25) is 4.68 Å². The van der Waals surface area contributed by atoms with Crippen molar-refractivity contribution in [2.45, 2.75) is 31.9 Å². The molecule has 4 aromatic rings. The van der Waals surface area contributed by atoms with Crippen LogP contribution in [0, 0.1) is 0 Å². The molecule has 1 aliphatic carbocycles. The maximum Gasteiger partial charge on any atom is 0.573 e. The number of benzene rings is 1. The van der Waals surface area contributed by atoms with Crippen LogP contribution in [0.2, 0.25) is 0 Å². The molecule has 9 nitrogen and oxygen atoms in total. The molecule has 33 heavy (non-hydrogen) atoms. The second kappa shape index (κ2) is 7.80. The molecule has 1 amide bonds. The average molecular weight is 458 g/mol. The molecule has 1 fully saturated rings. The van der Waals surface area contributed by atoms with Gasteiger partial charge in [0, 0.05) is 18.0 Å². The van der Waals surface area contributed by atoms with Crippen molar-refractivity contribution in [1.82, 2.24) is 24.5 Å². The second-order valence-electron chi connectivity index (χ2n) is 7.51. The summed E-state index contributed by atoms with van der Waals surface area (Å²) >= 11 is 0. The van der Waals surface area contributed by atoms with Crippen molar-refractivity contribution >= 4 is 17.1 Å². The summed E-state index contributed by atoms with van der Waals surface area (Å²) in [5, 5.41) is 9.55. The number of alkyl halides is 3. The molecule has 3 heterocycles. The van der Waals surface area contributed by atoms with Crippen LogP contribution in [0.4, 0.5) is 18.0 Å². The van der Waals surface area contributed by atoms with E-state index in [2.05, 4.69) is 19.9 Å². The number of carbonyl (C=O) groups excluding carboxylic acids is 1. The number of nitrogens with two attached hydrogens (primary N) is 1. The largest absolute Gasteiger partial charge is 0.573 e. The maximum atomic E-state index is 12.5. The van der Waals surface area contributed by atoms with Crippen LogP contribution < -0.4 is 10.5 Å². The molecule has 0 saturated heterocycles. The van der Waals surface area contributed by atoms with Gasteiger partial charge >= 0.3 is 12.5 Å². The van der Waals surface area contributed by atoms with Crippen molar-refractivity contribution in [2.75, 3.05) is 0 Å². The van der Waals surface area contributed by atoms with E-state index in [4.69, 9.17) is 10.5 Å². The molecule has 0 unspecified atom stereocenters. The Hall–Kier alpha value is -4.09. The van der Waals surface area contributed by atoms with E-state index in [9.17, 15) is 18.0 Å². The number of halogens is 3. The third kappa shape index (κ3) is 4.31. The zero-order chi connectivity index (χ0) is 23.2. The topological polar surface area (TPSA) is 110 Å². The summed E-state index contributed by atoms with van der Waals surface area (Å²) in [6.45, 7) is -0.205. The SMILES string of the molecule is NC(=O)OCc1nn(-c2ccc(OC(F)(F)F)cc2)c2nccc(-c3cnn(C4CC4)c3)c12. The van der Waals surface area contributed by atoms with Gasteiger partial charge in [0.1, 0.15) is 18.1 Å². The summed E-state index contributed by atoms with van der Waals surface area (Å²) in [6.07, 6.45) is 1.69. The molecule has 0 aliphatic heterocycles. The highest BCUT2D eigenvalue weighted by molar-refractivity contribution is 5.95. The van der Waals surface area contributed by atoms with Gasteiger partial charge in [0.25, 0.3) is 0 Å². The van der Waals surface area contributed by atoms with E-state index in [0.717, 1.165) is 24.0 Å². The minimum absolute atomic E-state index is 0.205. The highest BCUT2D eigenvalue weighted by Gasteiger charge is 2.31. The number of rotatable bonds is 6. The fraction of sp³-hybridized carbons (Fsp3) is 0.238. The Balaban J connectivity index is 1.60. The summed E-state index contributed by atoms with van der Waals surface area (Å²) in [6, 6.07) is 7.40. The lowest BCUT2D eigenvalue weighted by molar-refractivity contribution is -0.274. The quantitative estimate of drug-likeness (QED) is 0.466. The zero-order valence-electron chi connectivity index (χ0n) is 17.0. The third-order valence-corrected chi connectivity index (χ3v) is 5.14. The number of nitrogens with zero attached hydrogens (tertiary/aromatic N) is 5. The van der Waals surface area contributed by atoms with Crippen LogP contribution in [0.5, 0.6) is 5.75 Å². The van der Waals surface area contributed by atoms with Gasteiger partial charge in [-0.05, 0) is 48.7 Å². The molecule has 0 spiro atoms. The van der Waals surface area contributed by atoms with Crippen LogP contribution in [0.25, 0.3) is 27.8 Å². The number of carbonyl (C=O) groups is 1. The van der Waals surface area contributed by atoms with Crippen LogP contribution in [-0.4, -0.2) is 37.0 Å². The Labute approximate surface area is 184 Å². The van der Waals surface area contributed by atoms with Gasteiger partial charge in [0.2, 0.25) is 0 Å². The molecule has 0 radical (unpaired) electrons. The Morgan fingerprint density at radius 2 is 1.94 bits per heavy atom. The number of aromatic nitrogens is 5. The Morgan fingerprint density at radius 3 is 2.61 bits per heavy atom. The Bertz CT molecular complexity index is 1330. The molecule has 1 aromatic carbocycles. The molecule has 12 heteroatoms. The van der Waals surface area contributed by atoms with Gasteiger partial charge in [-0.1, -0.05) is 0 Å². The fourth-order valence-corrected chi connectivity index (χ4v) is 3.58. The third-order valence-electron chi connectivity index (χ3n) is 5.14. The summed E-state index contributed by atoms with van der Waals surface area (Å²) in [5.74, 6) is -0.360. The van der Waals surface area contributed by atoms with Crippen LogP contribution in [0.3, 0.4) is 0 Å². The highest BCUT2D eigenvalue weighted by atomic mass is 19.4. The first-order chi connectivity index (χ1) is 15.8. The van der Waals surface area contributed by atoms with Gasteiger partial charge in [0.05, 0.1) is 23.3 Å². The molecule has 0 atom stereocenters. The predicted octanol–water partition coefficient (Wildman–Crippen LogP) is 4.11. The predicted molar refractivity (Wildman–Crippen MR) is 109 cm³/mol. The number of primary amides is 1. The number of pyridine rings is 1. The first-order valence-corrected chi connectivity index (χ1v) is 9.98. The Morgan fingerprint density at radius 1 is 1.18 bits per heavy atom. The van der Waals surface area contributed by atoms with Crippen molar-refractivity contribution in [2.24, 2.45) is 5.73 Å². The van der Waals surface area contributed by atoms with Gasteiger partial charge in [-0.15, -0.1) is 13.2 Å². The van der Waals surface area contributed by atoms with Gasteiger partial charge in [-0.25, -0.2) is 14.5 Å². The normalized spacial score (nSPS) is 13.9. The lowest BCUT2D eigenvalue weighted by Crippen LogP contribution is -2.17. The van der Waals surface area contributed by atoms with E-state index in [1.165, 1.54) is 28.9 Å². The van der Waals surface area contributed by atoms with E-state index < -0.39 is 12.5 Å². The molecule has 3 aromatic heterocycles. The monoisotopic (exact) mass is 458 g/mol. The van der Waals surface area contributed by atoms with Crippen LogP contribution >= 0.6 is 0 Å². The van der Waals surface area contributed by atoms with E-state index in [-0.39, 0.29) is 12.4 Å². The van der Waals surface area contributed by atoms with Crippen LogP contribution in [-0.2, 0) is 11.3 Å². The zero-order valence-corrected chi connectivity index (χ0v) is 17.0. The number of amides is 1. The molecule has 2 N–H and O–H groups in total. The van der Waals surface area contributed by atoms with E-state index in [1.807, 2.05) is 10.9 Å². The van der Waals surface area contributed by atoms with E-state index in [0.29, 0.717) is 28.5 Å². The van der Waals surface area contributed by atoms with Crippen molar-refractivity contribution in [3.8, 4) is 22.6 Å². The minimum Gasteiger partial charge on any atom is -0.443 e. The first-order valence-electron chi connectivity index (χ1n) is 9.98. The summed E-state index contributed by atoms with van der Waals surface area (Å²) in [5.41, 5.74) is 8.01. The van der Waals surface area contributed by atoms with Crippen molar-refractivity contribution < 1.29 is 27.4 Å². The number of hydrogen-bond acceptors (Lipinski definition) is 6.